The van der Waals surface area contributed by atoms with Gasteiger partial charge in [0.25, 0.3) is 0 Å². The van der Waals surface area contributed by atoms with Gasteiger partial charge in [0.15, 0.2) is 12.0 Å². The lowest BCUT2D eigenvalue weighted by atomic mass is 9.91. The number of nitrogens with zero attached hydrogens (tertiary/aromatic N) is 2. The molecule has 152 valence electrons. The second-order valence-electron chi connectivity index (χ2n) is 7.70. The maximum atomic E-state index is 12.1. The van der Waals surface area contributed by atoms with Crippen molar-refractivity contribution in [3.05, 3.63) is 54.6 Å². The lowest BCUT2D eigenvalue weighted by Crippen LogP contribution is -2.41. The second kappa shape index (κ2) is 11.4. The highest BCUT2D eigenvalue weighted by Crippen LogP contribution is 2.23. The van der Waals surface area contributed by atoms with Gasteiger partial charge in [-0.2, -0.15) is 0 Å². The van der Waals surface area contributed by atoms with Crippen molar-refractivity contribution >= 4 is 6.16 Å². The average molecular weight is 386 g/mol. The minimum absolute atomic E-state index is 0.0982. The normalized spacial score (nSPS) is 13.4. The van der Waals surface area contributed by atoms with E-state index < -0.39 is 12.4 Å². The number of carbonyl (C=O) groups excluding carboxylic acids is 1. The van der Waals surface area contributed by atoms with E-state index in [0.717, 1.165) is 19.4 Å². The van der Waals surface area contributed by atoms with Gasteiger partial charge in [-0.15, -0.1) is 0 Å². The average Bonchev–Trinajstić information content (AvgIpc) is 2.68. The van der Waals surface area contributed by atoms with Gasteiger partial charge < -0.3 is 9.47 Å². The molecule has 0 bridgehead atoms. The molecule has 0 aliphatic carbocycles. The summed E-state index contributed by atoms with van der Waals surface area (Å²) >= 11 is 0. The number of nitrogens with one attached hydrogen (secondary N) is 1. The highest BCUT2D eigenvalue weighted by atomic mass is 16.7. The predicted octanol–water partition coefficient (Wildman–Crippen LogP) is 4.78. The maximum Gasteiger partial charge on any atom is 0.515 e. The molecule has 0 aliphatic heterocycles. The van der Waals surface area contributed by atoms with Crippen LogP contribution in [0.2, 0.25) is 0 Å². The number of benzene rings is 1. The zero-order valence-corrected chi connectivity index (χ0v) is 17.2. The molecule has 0 amide bonds. The van der Waals surface area contributed by atoms with Gasteiger partial charge in [0.1, 0.15) is 6.33 Å². The minimum atomic E-state index is -0.764. The number of hydrogen-bond acceptors (Lipinski definition) is 6. The predicted molar refractivity (Wildman–Crippen MR) is 109 cm³/mol. The van der Waals surface area contributed by atoms with E-state index in [-0.39, 0.29) is 11.7 Å². The third-order valence-corrected chi connectivity index (χ3v) is 4.50. The van der Waals surface area contributed by atoms with Crippen LogP contribution in [-0.4, -0.2) is 28.9 Å². The summed E-state index contributed by atoms with van der Waals surface area (Å²) in [5.74, 6) is 1.36. The smallest absolute Gasteiger partial charge is 0.415 e. The molecule has 0 aliphatic rings. The van der Waals surface area contributed by atoms with Crippen LogP contribution in [0, 0.1) is 11.8 Å². The largest absolute Gasteiger partial charge is 0.515 e. The van der Waals surface area contributed by atoms with Crippen LogP contribution in [0.5, 0.6) is 5.75 Å². The fraction of sp³-hybridized carbons (Fsp3) is 0.500. The molecule has 6 nitrogen and oxygen atoms in total. The van der Waals surface area contributed by atoms with Gasteiger partial charge in [0, 0.05) is 12.5 Å². The quantitative estimate of drug-likeness (QED) is 0.468. The zero-order valence-electron chi connectivity index (χ0n) is 17.2. The monoisotopic (exact) mass is 385 g/mol. The molecule has 2 aromatic rings. The summed E-state index contributed by atoms with van der Waals surface area (Å²) in [5.41, 5.74) is 1.29. The number of hydrogen-bond donors (Lipinski definition) is 1. The van der Waals surface area contributed by atoms with Gasteiger partial charge in [-0.3, -0.25) is 5.32 Å². The highest BCUT2D eigenvalue weighted by Gasteiger charge is 2.22. The van der Waals surface area contributed by atoms with Gasteiger partial charge in [-0.1, -0.05) is 64.4 Å². The molecule has 6 heteroatoms. The SMILES string of the molecule is CC(C)CCC(CNC(OC(=O)Oc1cncnc1)C(C)C)c1ccccc1. The summed E-state index contributed by atoms with van der Waals surface area (Å²) in [6.07, 6.45) is 5.22. The number of ether oxygens (including phenoxy) is 2. The lowest BCUT2D eigenvalue weighted by molar-refractivity contribution is 0.0190. The topological polar surface area (TPSA) is 73.3 Å². The molecule has 2 atom stereocenters. The molecular weight excluding hydrogens is 354 g/mol. The molecule has 2 unspecified atom stereocenters. The Morgan fingerprint density at radius 2 is 1.71 bits per heavy atom. The van der Waals surface area contributed by atoms with Crippen molar-refractivity contribution in [2.24, 2.45) is 11.8 Å². The number of rotatable bonds is 10. The number of aromatic nitrogens is 2. The minimum Gasteiger partial charge on any atom is -0.415 e. The van der Waals surface area contributed by atoms with Gasteiger partial charge in [-0.25, -0.2) is 14.8 Å². The molecule has 0 fully saturated rings. The van der Waals surface area contributed by atoms with Gasteiger partial charge in [-0.05, 0) is 23.8 Å². The van der Waals surface area contributed by atoms with E-state index >= 15 is 0 Å². The molecule has 0 saturated carbocycles. The molecule has 1 aromatic heterocycles. The first kappa shape index (κ1) is 21.8. The fourth-order valence-corrected chi connectivity index (χ4v) is 2.88. The molecule has 1 heterocycles. The van der Waals surface area contributed by atoms with Crippen molar-refractivity contribution in [3.63, 3.8) is 0 Å². The van der Waals surface area contributed by atoms with Crippen LogP contribution in [0.25, 0.3) is 0 Å². The van der Waals surface area contributed by atoms with Crippen LogP contribution in [0.1, 0.15) is 52.0 Å². The lowest BCUT2D eigenvalue weighted by Gasteiger charge is -2.26. The maximum absolute atomic E-state index is 12.1. The van der Waals surface area contributed by atoms with Gasteiger partial charge >= 0.3 is 6.16 Å². The summed E-state index contributed by atoms with van der Waals surface area (Å²) in [4.78, 5) is 19.8. The van der Waals surface area contributed by atoms with E-state index in [4.69, 9.17) is 9.47 Å². The van der Waals surface area contributed by atoms with E-state index in [1.807, 2.05) is 19.9 Å². The van der Waals surface area contributed by atoms with Crippen molar-refractivity contribution in [1.29, 1.82) is 0 Å². The summed E-state index contributed by atoms with van der Waals surface area (Å²) < 4.78 is 10.6. The number of carbonyl (C=O) groups is 1. The summed E-state index contributed by atoms with van der Waals surface area (Å²) in [7, 11) is 0. The molecule has 0 saturated heterocycles. The van der Waals surface area contributed by atoms with E-state index in [0.29, 0.717) is 11.8 Å². The molecular formula is C22H31N3O3. The van der Waals surface area contributed by atoms with E-state index in [2.05, 4.69) is 53.4 Å². The Bertz CT molecular complexity index is 693. The molecule has 2 rings (SSSR count). The van der Waals surface area contributed by atoms with E-state index in [1.54, 1.807) is 0 Å². The van der Waals surface area contributed by atoms with Crippen LogP contribution in [0.4, 0.5) is 4.79 Å². The van der Waals surface area contributed by atoms with Crippen LogP contribution >= 0.6 is 0 Å². The zero-order chi connectivity index (χ0) is 20.4. The van der Waals surface area contributed by atoms with Crippen molar-refractivity contribution in [3.8, 4) is 5.75 Å². The van der Waals surface area contributed by atoms with Crippen LogP contribution in [0.3, 0.4) is 0 Å². The summed E-state index contributed by atoms with van der Waals surface area (Å²) in [6.45, 7) is 9.20. The molecule has 0 radical (unpaired) electrons. The third-order valence-electron chi connectivity index (χ3n) is 4.50. The van der Waals surface area contributed by atoms with Crippen LogP contribution in [0.15, 0.2) is 49.1 Å². The molecule has 1 aromatic carbocycles. The molecule has 0 spiro atoms. The Kier molecular flexibility index (Phi) is 8.88. The van der Waals surface area contributed by atoms with Crippen molar-refractivity contribution in [2.45, 2.75) is 52.7 Å². The molecule has 1 N–H and O–H groups in total. The Labute approximate surface area is 167 Å². The van der Waals surface area contributed by atoms with Crippen molar-refractivity contribution < 1.29 is 14.3 Å². The van der Waals surface area contributed by atoms with Gasteiger partial charge in [0.2, 0.25) is 0 Å². The summed E-state index contributed by atoms with van der Waals surface area (Å²) in [6, 6.07) is 10.5. The standard InChI is InChI=1S/C22H31N3O3/c1-16(2)10-11-19(18-8-6-5-7-9-18)12-25-21(17(3)4)28-22(26)27-20-13-23-15-24-14-20/h5-9,13-17,19,21,25H,10-12H2,1-4H3. The fourth-order valence-electron chi connectivity index (χ4n) is 2.88. The molecule has 28 heavy (non-hydrogen) atoms. The third kappa shape index (κ3) is 7.64. The Morgan fingerprint density at radius 1 is 1.04 bits per heavy atom. The van der Waals surface area contributed by atoms with Crippen molar-refractivity contribution in [2.75, 3.05) is 6.54 Å². The van der Waals surface area contributed by atoms with E-state index in [1.165, 1.54) is 24.3 Å². The van der Waals surface area contributed by atoms with Crippen LogP contribution in [-0.2, 0) is 4.74 Å². The highest BCUT2D eigenvalue weighted by molar-refractivity contribution is 5.63. The van der Waals surface area contributed by atoms with Crippen molar-refractivity contribution in [1.82, 2.24) is 15.3 Å². The first-order valence-electron chi connectivity index (χ1n) is 9.87. The summed E-state index contributed by atoms with van der Waals surface area (Å²) in [5, 5.41) is 3.40. The Balaban J connectivity index is 1.95. The van der Waals surface area contributed by atoms with E-state index in [9.17, 15) is 4.79 Å². The first-order chi connectivity index (χ1) is 13.5. The first-order valence-corrected chi connectivity index (χ1v) is 9.87. The van der Waals surface area contributed by atoms with Gasteiger partial charge in [0.05, 0.1) is 12.4 Å². The second-order valence-corrected chi connectivity index (χ2v) is 7.70. The Morgan fingerprint density at radius 3 is 2.32 bits per heavy atom. The van der Waals surface area contributed by atoms with Crippen LogP contribution < -0.4 is 10.1 Å². The Hall–Kier alpha value is -2.47.